The van der Waals surface area contributed by atoms with Gasteiger partial charge in [-0.2, -0.15) is 15.0 Å². The van der Waals surface area contributed by atoms with Crippen LogP contribution in [0.1, 0.15) is 12.7 Å². The molecule has 0 bridgehead atoms. The Morgan fingerprint density at radius 3 is 2.67 bits per heavy atom. The highest BCUT2D eigenvalue weighted by Gasteiger charge is 1.98. The first-order chi connectivity index (χ1) is 5.76. The molecule has 1 rings (SSSR count). The van der Waals surface area contributed by atoms with Crippen molar-refractivity contribution in [1.29, 1.82) is 0 Å². The number of aliphatic imine (C=N–C) groups is 1. The zero-order chi connectivity index (χ0) is 8.97. The molecule has 12 heavy (non-hydrogen) atoms. The van der Waals surface area contributed by atoms with Gasteiger partial charge in [-0.05, 0) is 13.8 Å². The van der Waals surface area contributed by atoms with Gasteiger partial charge in [0.25, 0.3) is 5.95 Å². The molecule has 0 aliphatic carbocycles. The fourth-order valence-corrected chi connectivity index (χ4v) is 0.753. The van der Waals surface area contributed by atoms with Gasteiger partial charge in [0, 0.05) is 13.3 Å². The summed E-state index contributed by atoms with van der Waals surface area (Å²) in [5, 5.41) is 2.83. The van der Waals surface area contributed by atoms with Crippen LogP contribution in [0.3, 0.4) is 0 Å². The maximum Gasteiger partial charge on any atom is 0.254 e. The second-order valence-corrected chi connectivity index (χ2v) is 2.14. The lowest BCUT2D eigenvalue weighted by atomic mass is 10.7. The van der Waals surface area contributed by atoms with Crippen molar-refractivity contribution in [2.24, 2.45) is 4.99 Å². The third-order valence-electron chi connectivity index (χ3n) is 1.20. The SMILES string of the molecule is CC=Nc1nc(C)nc(NC)n1. The van der Waals surface area contributed by atoms with E-state index in [1.807, 2.05) is 6.92 Å². The van der Waals surface area contributed by atoms with Crippen LogP contribution in [-0.2, 0) is 0 Å². The Labute approximate surface area is 71.0 Å². The smallest absolute Gasteiger partial charge is 0.254 e. The van der Waals surface area contributed by atoms with E-state index < -0.39 is 0 Å². The minimum atomic E-state index is 0.439. The van der Waals surface area contributed by atoms with Crippen LogP contribution in [0.25, 0.3) is 0 Å². The fraction of sp³-hybridized carbons (Fsp3) is 0.429. The molecule has 0 spiro atoms. The molecule has 64 valence electrons. The third-order valence-corrected chi connectivity index (χ3v) is 1.20. The van der Waals surface area contributed by atoms with Gasteiger partial charge in [-0.1, -0.05) is 0 Å². The molecule has 0 amide bonds. The quantitative estimate of drug-likeness (QED) is 0.662. The summed E-state index contributed by atoms with van der Waals surface area (Å²) >= 11 is 0. The minimum Gasteiger partial charge on any atom is -0.357 e. The molecule has 0 aliphatic rings. The van der Waals surface area contributed by atoms with E-state index >= 15 is 0 Å². The third kappa shape index (κ3) is 1.98. The van der Waals surface area contributed by atoms with Gasteiger partial charge in [0.15, 0.2) is 0 Å². The van der Waals surface area contributed by atoms with Gasteiger partial charge in [-0.15, -0.1) is 0 Å². The molecule has 0 fully saturated rings. The summed E-state index contributed by atoms with van der Waals surface area (Å²) in [5.74, 6) is 1.65. The van der Waals surface area contributed by atoms with Gasteiger partial charge in [0.2, 0.25) is 5.95 Å². The van der Waals surface area contributed by atoms with Crippen molar-refractivity contribution in [3.63, 3.8) is 0 Å². The van der Waals surface area contributed by atoms with E-state index in [1.165, 1.54) is 0 Å². The first-order valence-electron chi connectivity index (χ1n) is 3.65. The molecule has 1 heterocycles. The lowest BCUT2D eigenvalue weighted by Crippen LogP contribution is -1.99. The first-order valence-corrected chi connectivity index (χ1v) is 3.65. The molecule has 5 heteroatoms. The highest BCUT2D eigenvalue weighted by atomic mass is 15.2. The van der Waals surface area contributed by atoms with E-state index in [-0.39, 0.29) is 0 Å². The van der Waals surface area contributed by atoms with Crippen LogP contribution in [0.5, 0.6) is 0 Å². The van der Waals surface area contributed by atoms with E-state index in [4.69, 9.17) is 0 Å². The highest BCUT2D eigenvalue weighted by molar-refractivity contribution is 5.57. The minimum absolute atomic E-state index is 0.439. The number of hydrogen-bond acceptors (Lipinski definition) is 5. The predicted molar refractivity (Wildman–Crippen MR) is 47.9 cm³/mol. The predicted octanol–water partition coefficient (Wildman–Crippen LogP) is 0.944. The fourth-order valence-electron chi connectivity index (χ4n) is 0.753. The number of hydrogen-bond donors (Lipinski definition) is 1. The summed E-state index contributed by atoms with van der Waals surface area (Å²) in [4.78, 5) is 16.0. The van der Waals surface area contributed by atoms with Crippen molar-refractivity contribution in [2.45, 2.75) is 13.8 Å². The molecule has 0 atom stereocenters. The Bertz CT molecular complexity index is 294. The molecule has 0 radical (unpaired) electrons. The van der Waals surface area contributed by atoms with Gasteiger partial charge in [0.05, 0.1) is 0 Å². The topological polar surface area (TPSA) is 63.1 Å². The summed E-state index contributed by atoms with van der Waals surface area (Å²) < 4.78 is 0. The van der Waals surface area contributed by atoms with Crippen LogP contribution >= 0.6 is 0 Å². The van der Waals surface area contributed by atoms with Crippen LogP contribution in [-0.4, -0.2) is 28.2 Å². The Balaban J connectivity index is 3.06. The van der Waals surface area contributed by atoms with Gasteiger partial charge >= 0.3 is 0 Å². The Hall–Kier alpha value is -1.52. The number of aromatic nitrogens is 3. The number of nitrogens with zero attached hydrogens (tertiary/aromatic N) is 4. The van der Waals surface area contributed by atoms with Crippen LogP contribution in [0.4, 0.5) is 11.9 Å². The van der Waals surface area contributed by atoms with E-state index in [2.05, 4.69) is 25.3 Å². The maximum atomic E-state index is 4.03. The van der Waals surface area contributed by atoms with E-state index in [0.717, 1.165) is 0 Å². The molecule has 0 aliphatic heterocycles. The van der Waals surface area contributed by atoms with E-state index in [0.29, 0.717) is 17.7 Å². The van der Waals surface area contributed by atoms with Crippen molar-refractivity contribution in [1.82, 2.24) is 15.0 Å². The van der Waals surface area contributed by atoms with Crippen LogP contribution in [0.2, 0.25) is 0 Å². The molecule has 5 nitrogen and oxygen atoms in total. The van der Waals surface area contributed by atoms with Gasteiger partial charge in [0.1, 0.15) is 5.82 Å². The number of nitrogens with one attached hydrogen (secondary N) is 1. The summed E-state index contributed by atoms with van der Waals surface area (Å²) in [5.41, 5.74) is 0. The second-order valence-electron chi connectivity index (χ2n) is 2.14. The lowest BCUT2D eigenvalue weighted by molar-refractivity contribution is 0.973. The summed E-state index contributed by atoms with van der Waals surface area (Å²) in [7, 11) is 1.76. The normalized spacial score (nSPS) is 10.6. The Morgan fingerprint density at radius 2 is 2.08 bits per heavy atom. The van der Waals surface area contributed by atoms with E-state index in [9.17, 15) is 0 Å². The van der Waals surface area contributed by atoms with Gasteiger partial charge < -0.3 is 5.32 Å². The molecule has 0 saturated heterocycles. The van der Waals surface area contributed by atoms with Crippen LogP contribution in [0.15, 0.2) is 4.99 Å². The van der Waals surface area contributed by atoms with Crippen molar-refractivity contribution in [2.75, 3.05) is 12.4 Å². The average molecular weight is 165 g/mol. The molecule has 0 unspecified atom stereocenters. The summed E-state index contributed by atoms with van der Waals surface area (Å²) in [6.07, 6.45) is 1.65. The molecule has 1 aromatic rings. The molecule has 1 aromatic heterocycles. The Morgan fingerprint density at radius 1 is 1.33 bits per heavy atom. The van der Waals surface area contributed by atoms with Crippen molar-refractivity contribution < 1.29 is 0 Å². The first kappa shape index (κ1) is 8.58. The summed E-state index contributed by atoms with van der Waals surface area (Å²) in [6.45, 7) is 3.62. The zero-order valence-corrected chi connectivity index (χ0v) is 7.37. The maximum absolute atomic E-state index is 4.03. The van der Waals surface area contributed by atoms with Crippen molar-refractivity contribution in [3.8, 4) is 0 Å². The standard InChI is InChI=1S/C7H11N5/c1-4-9-7-11-5(2)10-6(8-3)12-7/h4H,1-3H3,(H,8,10,11,12). The monoisotopic (exact) mass is 165 g/mol. The number of rotatable bonds is 2. The van der Waals surface area contributed by atoms with E-state index in [1.54, 1.807) is 20.2 Å². The van der Waals surface area contributed by atoms with Gasteiger partial charge in [-0.3, -0.25) is 0 Å². The number of anilines is 1. The van der Waals surface area contributed by atoms with Crippen LogP contribution in [0, 0.1) is 6.92 Å². The van der Waals surface area contributed by atoms with Gasteiger partial charge in [-0.25, -0.2) is 4.99 Å². The zero-order valence-electron chi connectivity index (χ0n) is 7.37. The van der Waals surface area contributed by atoms with Crippen molar-refractivity contribution >= 4 is 18.1 Å². The number of aryl methyl sites for hydroxylation is 1. The van der Waals surface area contributed by atoms with Crippen molar-refractivity contribution in [3.05, 3.63) is 5.82 Å². The molecule has 1 N–H and O–H groups in total. The summed E-state index contributed by atoms with van der Waals surface area (Å²) in [6, 6.07) is 0. The second kappa shape index (κ2) is 3.75. The molecule has 0 saturated carbocycles. The lowest BCUT2D eigenvalue weighted by Gasteiger charge is -1.99. The highest BCUT2D eigenvalue weighted by Crippen LogP contribution is 2.06. The Kier molecular flexibility index (Phi) is 2.68. The van der Waals surface area contributed by atoms with Crippen LogP contribution < -0.4 is 5.32 Å². The average Bonchev–Trinajstić information content (AvgIpc) is 2.04. The molecule has 0 aromatic carbocycles. The molecular formula is C7H11N5. The molecular weight excluding hydrogens is 154 g/mol. The largest absolute Gasteiger partial charge is 0.357 e.